The van der Waals surface area contributed by atoms with E-state index >= 15 is 0 Å². The van der Waals surface area contributed by atoms with Crippen LogP contribution in [0.25, 0.3) is 11.3 Å². The van der Waals surface area contributed by atoms with E-state index in [1.165, 1.54) is 10.1 Å². The Morgan fingerprint density at radius 2 is 1.75 bits per heavy atom. The molecule has 3 aromatic heterocycles. The number of nitrogens with zero attached hydrogens (tertiary/aromatic N) is 4. The fourth-order valence-corrected chi connectivity index (χ4v) is 4.20. The number of aryl methyl sites for hydroxylation is 4. The highest BCUT2D eigenvalue weighted by Gasteiger charge is 2.16. The van der Waals surface area contributed by atoms with Crippen molar-refractivity contribution in [2.45, 2.75) is 45.6 Å². The van der Waals surface area contributed by atoms with Crippen molar-refractivity contribution in [3.05, 3.63) is 99.9 Å². The van der Waals surface area contributed by atoms with Crippen molar-refractivity contribution in [2.24, 2.45) is 0 Å². The number of nitrogen functional groups attached to an aromatic ring is 2. The number of nitrogens with two attached hydrogens (primary N) is 2. The van der Waals surface area contributed by atoms with Gasteiger partial charge in [0.15, 0.2) is 5.78 Å². The Morgan fingerprint density at radius 3 is 2.50 bits per heavy atom. The lowest BCUT2D eigenvalue weighted by atomic mass is 10.1. The first-order chi connectivity index (χ1) is 17.4. The predicted octanol–water partition coefficient (Wildman–Crippen LogP) is 3.55. The lowest BCUT2D eigenvalue weighted by molar-refractivity contribution is -0.119. The normalized spacial score (nSPS) is 10.9. The summed E-state index contributed by atoms with van der Waals surface area (Å²) >= 11 is 0. The molecule has 0 aliphatic heterocycles. The summed E-state index contributed by atoms with van der Waals surface area (Å²) in [4.78, 5) is 39.2. The van der Waals surface area contributed by atoms with Crippen LogP contribution >= 0.6 is 0 Å². The Bertz CT molecular complexity index is 1420. The highest BCUT2D eigenvalue weighted by molar-refractivity contribution is 5.79. The molecule has 184 valence electrons. The monoisotopic (exact) mass is 482 g/mol. The van der Waals surface area contributed by atoms with Gasteiger partial charge in [-0.25, -0.2) is 9.97 Å². The molecule has 3 heterocycles. The van der Waals surface area contributed by atoms with Gasteiger partial charge in [0.1, 0.15) is 17.3 Å². The standard InChI is InChI=1S/C28H30N6O2/c1-19-21(11-13-26(29)33-19)10-12-23(35)18-34-25(22-14-15-31-27(30)16-22)17-32-24(28(34)36)9-5-8-20-6-3-2-4-7-20/h2-4,6-7,11,13-17H,5,8-10,12,18H2,1H3,(H2,29,33)(H2,30,31). The summed E-state index contributed by atoms with van der Waals surface area (Å²) in [5.74, 6) is 0.723. The summed E-state index contributed by atoms with van der Waals surface area (Å²) in [6, 6.07) is 17.2. The first-order valence-corrected chi connectivity index (χ1v) is 12.0. The lowest BCUT2D eigenvalue weighted by Crippen LogP contribution is -2.30. The number of carbonyl (C=O) groups excluding carboxylic acids is 1. The number of ketones is 1. The Kier molecular flexibility index (Phi) is 7.85. The molecule has 0 fully saturated rings. The van der Waals surface area contributed by atoms with Crippen molar-refractivity contribution < 1.29 is 4.79 Å². The third kappa shape index (κ3) is 6.21. The maximum atomic E-state index is 13.5. The van der Waals surface area contributed by atoms with Crippen LogP contribution in [0.15, 0.2) is 71.8 Å². The maximum absolute atomic E-state index is 13.5. The molecule has 36 heavy (non-hydrogen) atoms. The van der Waals surface area contributed by atoms with Crippen LogP contribution in [0.2, 0.25) is 0 Å². The zero-order chi connectivity index (χ0) is 25.5. The van der Waals surface area contributed by atoms with Crippen molar-refractivity contribution in [3.63, 3.8) is 0 Å². The molecule has 0 unspecified atom stereocenters. The number of aromatic nitrogens is 4. The zero-order valence-corrected chi connectivity index (χ0v) is 20.4. The molecule has 8 heteroatoms. The van der Waals surface area contributed by atoms with E-state index in [4.69, 9.17) is 11.5 Å². The van der Waals surface area contributed by atoms with E-state index in [-0.39, 0.29) is 24.3 Å². The first-order valence-electron chi connectivity index (χ1n) is 12.0. The molecule has 0 saturated carbocycles. The van der Waals surface area contributed by atoms with Gasteiger partial charge in [-0.05, 0) is 61.9 Å². The van der Waals surface area contributed by atoms with E-state index in [9.17, 15) is 9.59 Å². The summed E-state index contributed by atoms with van der Waals surface area (Å²) in [7, 11) is 0. The Hall–Kier alpha value is -4.33. The van der Waals surface area contributed by atoms with Gasteiger partial charge < -0.3 is 11.5 Å². The summed E-state index contributed by atoms with van der Waals surface area (Å²) < 4.78 is 1.51. The number of Topliss-reactive ketones (excluding diaryl/α,β-unsaturated/α-hetero) is 1. The maximum Gasteiger partial charge on any atom is 0.273 e. The summed E-state index contributed by atoms with van der Waals surface area (Å²) in [6.07, 6.45) is 6.18. The van der Waals surface area contributed by atoms with Gasteiger partial charge >= 0.3 is 0 Å². The lowest BCUT2D eigenvalue weighted by Gasteiger charge is -2.14. The number of hydrogen-bond donors (Lipinski definition) is 2. The molecule has 4 rings (SSSR count). The molecule has 0 bridgehead atoms. The molecule has 0 spiro atoms. The van der Waals surface area contributed by atoms with Crippen molar-refractivity contribution >= 4 is 17.4 Å². The molecule has 0 saturated heterocycles. The third-order valence-electron chi connectivity index (χ3n) is 6.15. The van der Waals surface area contributed by atoms with Crippen molar-refractivity contribution in [3.8, 4) is 11.3 Å². The van der Waals surface area contributed by atoms with Gasteiger partial charge in [-0.15, -0.1) is 0 Å². The minimum atomic E-state index is -0.255. The smallest absolute Gasteiger partial charge is 0.273 e. The quantitative estimate of drug-likeness (QED) is 0.353. The van der Waals surface area contributed by atoms with Gasteiger partial charge in [0, 0.05) is 23.9 Å². The van der Waals surface area contributed by atoms with Crippen LogP contribution < -0.4 is 17.0 Å². The van der Waals surface area contributed by atoms with Crippen LogP contribution in [0, 0.1) is 6.92 Å². The predicted molar refractivity (Wildman–Crippen MR) is 141 cm³/mol. The molecule has 1 aromatic carbocycles. The van der Waals surface area contributed by atoms with E-state index in [1.54, 1.807) is 30.6 Å². The van der Waals surface area contributed by atoms with E-state index in [0.717, 1.165) is 24.1 Å². The van der Waals surface area contributed by atoms with Crippen LogP contribution in [-0.4, -0.2) is 25.3 Å². The molecule has 0 amide bonds. The Labute approximate surface area is 210 Å². The second-order valence-corrected chi connectivity index (χ2v) is 8.81. The second kappa shape index (κ2) is 11.4. The van der Waals surface area contributed by atoms with Crippen molar-refractivity contribution in [1.29, 1.82) is 0 Å². The molecule has 4 aromatic rings. The van der Waals surface area contributed by atoms with Gasteiger partial charge in [0.2, 0.25) is 0 Å². The molecular weight excluding hydrogens is 452 g/mol. The number of rotatable bonds is 10. The van der Waals surface area contributed by atoms with E-state index < -0.39 is 0 Å². The summed E-state index contributed by atoms with van der Waals surface area (Å²) in [5.41, 5.74) is 16.0. The highest BCUT2D eigenvalue weighted by atomic mass is 16.1. The van der Waals surface area contributed by atoms with Gasteiger partial charge in [-0.2, -0.15) is 0 Å². The minimum Gasteiger partial charge on any atom is -0.384 e. The van der Waals surface area contributed by atoms with Crippen LogP contribution in [0.1, 0.15) is 35.4 Å². The number of anilines is 2. The molecular formula is C28H30N6O2. The van der Waals surface area contributed by atoms with E-state index in [2.05, 4.69) is 27.1 Å². The summed E-state index contributed by atoms with van der Waals surface area (Å²) in [5, 5.41) is 0. The molecule has 0 atom stereocenters. The highest BCUT2D eigenvalue weighted by Crippen LogP contribution is 2.20. The fourth-order valence-electron chi connectivity index (χ4n) is 4.20. The number of pyridine rings is 2. The Balaban J connectivity index is 1.55. The van der Waals surface area contributed by atoms with Gasteiger partial charge in [-0.1, -0.05) is 36.4 Å². The Morgan fingerprint density at radius 1 is 0.944 bits per heavy atom. The van der Waals surface area contributed by atoms with E-state index in [0.29, 0.717) is 41.4 Å². The van der Waals surface area contributed by atoms with E-state index in [1.807, 2.05) is 31.2 Å². The third-order valence-corrected chi connectivity index (χ3v) is 6.15. The van der Waals surface area contributed by atoms with Crippen molar-refractivity contribution in [1.82, 2.24) is 19.5 Å². The topological polar surface area (TPSA) is 130 Å². The molecule has 4 N–H and O–H groups in total. The second-order valence-electron chi connectivity index (χ2n) is 8.81. The SMILES string of the molecule is Cc1nc(N)ccc1CCC(=O)Cn1c(-c2ccnc(N)c2)cnc(CCCc2ccccc2)c1=O. The van der Waals surface area contributed by atoms with Gasteiger partial charge in [0.05, 0.1) is 18.4 Å². The molecule has 0 aliphatic rings. The van der Waals surface area contributed by atoms with Crippen LogP contribution in [0.3, 0.4) is 0 Å². The van der Waals surface area contributed by atoms with Crippen molar-refractivity contribution in [2.75, 3.05) is 11.5 Å². The minimum absolute atomic E-state index is 0.0496. The van der Waals surface area contributed by atoms with Gasteiger partial charge in [0.25, 0.3) is 5.56 Å². The molecule has 0 radical (unpaired) electrons. The number of carbonyl (C=O) groups is 1. The zero-order valence-electron chi connectivity index (χ0n) is 20.4. The molecule has 8 nitrogen and oxygen atoms in total. The number of benzene rings is 1. The summed E-state index contributed by atoms with van der Waals surface area (Å²) in [6.45, 7) is 1.82. The average Bonchev–Trinajstić information content (AvgIpc) is 2.86. The van der Waals surface area contributed by atoms with Gasteiger partial charge in [-0.3, -0.25) is 19.1 Å². The van der Waals surface area contributed by atoms with Crippen LogP contribution in [-0.2, 0) is 30.6 Å². The average molecular weight is 483 g/mol. The fraction of sp³-hybridized carbons (Fsp3) is 0.250. The molecule has 0 aliphatic carbocycles. The number of hydrogen-bond acceptors (Lipinski definition) is 7. The largest absolute Gasteiger partial charge is 0.384 e. The van der Waals surface area contributed by atoms with Crippen LogP contribution in [0.4, 0.5) is 11.6 Å². The first kappa shape index (κ1) is 24.8. The van der Waals surface area contributed by atoms with Crippen LogP contribution in [0.5, 0.6) is 0 Å².